The number of nitrogens with one attached hydrogen (secondary N) is 1. The summed E-state index contributed by atoms with van der Waals surface area (Å²) >= 11 is 0. The van der Waals surface area contributed by atoms with Gasteiger partial charge < -0.3 is 14.8 Å². The molecule has 1 saturated heterocycles. The van der Waals surface area contributed by atoms with Gasteiger partial charge in [-0.25, -0.2) is 4.39 Å². The molecule has 98 valence electrons. The number of esters is 1. The standard InChI is InChI=1S/C13H16FNO3/c1-8-5-9(14)3-4-12(8)18-10-6-11(15-7-10)13(16)17-2/h3-5,10-11,15H,6-7H2,1-2H3/t10?,11-/m0/s1. The van der Waals surface area contributed by atoms with Gasteiger partial charge in [0.25, 0.3) is 0 Å². The maximum atomic E-state index is 12.9. The van der Waals surface area contributed by atoms with E-state index in [0.29, 0.717) is 18.7 Å². The van der Waals surface area contributed by atoms with E-state index < -0.39 is 0 Å². The van der Waals surface area contributed by atoms with Gasteiger partial charge in [-0.3, -0.25) is 4.79 Å². The summed E-state index contributed by atoms with van der Waals surface area (Å²) in [7, 11) is 1.36. The first kappa shape index (κ1) is 12.8. The van der Waals surface area contributed by atoms with Crippen LogP contribution in [0.3, 0.4) is 0 Å². The number of aryl methyl sites for hydroxylation is 1. The fraction of sp³-hybridized carbons (Fsp3) is 0.462. The second-order valence-corrected chi connectivity index (χ2v) is 4.37. The first-order valence-electron chi connectivity index (χ1n) is 5.84. The summed E-state index contributed by atoms with van der Waals surface area (Å²) in [6, 6.07) is 4.08. The van der Waals surface area contributed by atoms with Gasteiger partial charge in [0, 0.05) is 13.0 Å². The number of benzene rings is 1. The average Bonchev–Trinajstić information content (AvgIpc) is 2.80. The third kappa shape index (κ3) is 2.79. The molecular formula is C13H16FNO3. The highest BCUT2D eigenvalue weighted by atomic mass is 19.1. The van der Waals surface area contributed by atoms with Gasteiger partial charge in [0.15, 0.2) is 0 Å². The number of hydrogen-bond donors (Lipinski definition) is 1. The molecule has 1 aliphatic heterocycles. The van der Waals surface area contributed by atoms with Crippen LogP contribution in [0.5, 0.6) is 5.75 Å². The molecule has 18 heavy (non-hydrogen) atoms. The molecule has 1 aromatic rings. The largest absolute Gasteiger partial charge is 0.489 e. The smallest absolute Gasteiger partial charge is 0.323 e. The van der Waals surface area contributed by atoms with E-state index in [4.69, 9.17) is 4.74 Å². The zero-order valence-electron chi connectivity index (χ0n) is 10.4. The van der Waals surface area contributed by atoms with Crippen molar-refractivity contribution in [3.8, 4) is 5.75 Å². The van der Waals surface area contributed by atoms with Gasteiger partial charge in [-0.1, -0.05) is 0 Å². The molecule has 0 aromatic heterocycles. The Bertz CT molecular complexity index is 450. The van der Waals surface area contributed by atoms with Gasteiger partial charge in [-0.2, -0.15) is 0 Å². The Balaban J connectivity index is 1.97. The van der Waals surface area contributed by atoms with Crippen molar-refractivity contribution in [3.05, 3.63) is 29.6 Å². The molecule has 4 nitrogen and oxygen atoms in total. The van der Waals surface area contributed by atoms with Crippen LogP contribution in [0.1, 0.15) is 12.0 Å². The first-order chi connectivity index (χ1) is 8.60. The van der Waals surface area contributed by atoms with E-state index >= 15 is 0 Å². The average molecular weight is 253 g/mol. The molecule has 2 rings (SSSR count). The Morgan fingerprint density at radius 2 is 2.28 bits per heavy atom. The van der Waals surface area contributed by atoms with Crippen molar-refractivity contribution < 1.29 is 18.7 Å². The number of carbonyl (C=O) groups excluding carboxylic acids is 1. The summed E-state index contributed by atoms with van der Waals surface area (Å²) in [6.45, 7) is 2.37. The van der Waals surface area contributed by atoms with Crippen molar-refractivity contribution in [2.75, 3.05) is 13.7 Å². The van der Waals surface area contributed by atoms with Crippen molar-refractivity contribution in [2.45, 2.75) is 25.5 Å². The van der Waals surface area contributed by atoms with Crippen LogP contribution in [-0.4, -0.2) is 31.8 Å². The van der Waals surface area contributed by atoms with E-state index in [1.54, 1.807) is 13.0 Å². The van der Waals surface area contributed by atoms with Crippen LogP contribution in [0.2, 0.25) is 0 Å². The number of hydrogen-bond acceptors (Lipinski definition) is 4. The van der Waals surface area contributed by atoms with Gasteiger partial charge in [-0.15, -0.1) is 0 Å². The molecule has 0 bridgehead atoms. The minimum absolute atomic E-state index is 0.0988. The number of halogens is 1. The Labute approximate surface area is 105 Å². The molecule has 0 spiro atoms. The molecule has 2 atom stereocenters. The summed E-state index contributed by atoms with van der Waals surface area (Å²) in [4.78, 5) is 11.3. The number of rotatable bonds is 3. The maximum Gasteiger partial charge on any atom is 0.323 e. The van der Waals surface area contributed by atoms with Gasteiger partial charge in [0.1, 0.15) is 23.7 Å². The van der Waals surface area contributed by atoms with Crippen LogP contribution < -0.4 is 10.1 Å². The molecule has 1 unspecified atom stereocenters. The molecule has 1 heterocycles. The zero-order valence-corrected chi connectivity index (χ0v) is 10.4. The van der Waals surface area contributed by atoms with Crippen molar-refractivity contribution in [2.24, 2.45) is 0 Å². The highest BCUT2D eigenvalue weighted by Gasteiger charge is 2.31. The number of ether oxygens (including phenoxy) is 2. The second-order valence-electron chi connectivity index (χ2n) is 4.37. The second kappa shape index (κ2) is 5.35. The summed E-state index contributed by atoms with van der Waals surface area (Å²) in [5, 5.41) is 3.03. The SMILES string of the molecule is COC(=O)[C@@H]1CC(Oc2ccc(F)cc2C)CN1. The van der Waals surface area contributed by atoms with E-state index in [1.165, 1.54) is 19.2 Å². The van der Waals surface area contributed by atoms with Crippen LogP contribution in [0.25, 0.3) is 0 Å². The Kier molecular flexibility index (Phi) is 3.81. The number of methoxy groups -OCH3 is 1. The summed E-state index contributed by atoms with van der Waals surface area (Å²) in [6.07, 6.45) is 0.460. The lowest BCUT2D eigenvalue weighted by atomic mass is 10.2. The van der Waals surface area contributed by atoms with Gasteiger partial charge >= 0.3 is 5.97 Å². The van der Waals surface area contributed by atoms with Crippen LogP contribution in [0, 0.1) is 12.7 Å². The van der Waals surface area contributed by atoms with E-state index in [9.17, 15) is 9.18 Å². The molecule has 0 radical (unpaired) electrons. The minimum Gasteiger partial charge on any atom is -0.489 e. The third-order valence-electron chi connectivity index (χ3n) is 3.01. The van der Waals surface area contributed by atoms with Crippen molar-refractivity contribution in [1.29, 1.82) is 0 Å². The summed E-state index contributed by atoms with van der Waals surface area (Å²) in [5.74, 6) is 0.0856. The normalized spacial score (nSPS) is 22.8. The fourth-order valence-electron chi connectivity index (χ4n) is 2.04. The summed E-state index contributed by atoms with van der Waals surface area (Å²) in [5.41, 5.74) is 0.747. The maximum absolute atomic E-state index is 12.9. The minimum atomic E-state index is -0.319. The lowest BCUT2D eigenvalue weighted by molar-refractivity contribution is -0.142. The monoisotopic (exact) mass is 253 g/mol. The molecular weight excluding hydrogens is 237 g/mol. The zero-order chi connectivity index (χ0) is 13.1. The molecule has 0 amide bonds. The summed E-state index contributed by atoms with van der Waals surface area (Å²) < 4.78 is 23.4. The molecule has 1 aliphatic rings. The molecule has 0 saturated carbocycles. The van der Waals surface area contributed by atoms with Crippen LogP contribution in [-0.2, 0) is 9.53 Å². The molecule has 0 aliphatic carbocycles. The Morgan fingerprint density at radius 3 is 2.94 bits per heavy atom. The molecule has 1 aromatic carbocycles. The van der Waals surface area contributed by atoms with Gasteiger partial charge in [-0.05, 0) is 30.7 Å². The van der Waals surface area contributed by atoms with Gasteiger partial charge in [0.2, 0.25) is 0 Å². The van der Waals surface area contributed by atoms with Crippen LogP contribution >= 0.6 is 0 Å². The molecule has 5 heteroatoms. The topological polar surface area (TPSA) is 47.6 Å². The van der Waals surface area contributed by atoms with Crippen LogP contribution in [0.15, 0.2) is 18.2 Å². The quantitative estimate of drug-likeness (QED) is 0.828. The number of carbonyl (C=O) groups is 1. The van der Waals surface area contributed by atoms with E-state index in [0.717, 1.165) is 5.56 Å². The fourth-order valence-corrected chi connectivity index (χ4v) is 2.04. The van der Waals surface area contributed by atoms with E-state index in [1.807, 2.05) is 0 Å². The third-order valence-corrected chi connectivity index (χ3v) is 3.01. The van der Waals surface area contributed by atoms with E-state index in [2.05, 4.69) is 10.1 Å². The predicted octanol–water partition coefficient (Wildman–Crippen LogP) is 1.42. The molecule has 1 N–H and O–H groups in total. The highest BCUT2D eigenvalue weighted by molar-refractivity contribution is 5.76. The lowest BCUT2D eigenvalue weighted by Crippen LogP contribution is -2.31. The predicted molar refractivity (Wildman–Crippen MR) is 64.0 cm³/mol. The highest BCUT2D eigenvalue weighted by Crippen LogP contribution is 2.22. The Morgan fingerprint density at radius 1 is 1.50 bits per heavy atom. The van der Waals surface area contributed by atoms with Crippen LogP contribution in [0.4, 0.5) is 4.39 Å². The van der Waals surface area contributed by atoms with Crippen molar-refractivity contribution in [3.63, 3.8) is 0 Å². The van der Waals surface area contributed by atoms with Gasteiger partial charge in [0.05, 0.1) is 7.11 Å². The Hall–Kier alpha value is -1.62. The lowest BCUT2D eigenvalue weighted by Gasteiger charge is -2.14. The molecule has 1 fully saturated rings. The first-order valence-corrected chi connectivity index (χ1v) is 5.84. The van der Waals surface area contributed by atoms with E-state index in [-0.39, 0.29) is 23.9 Å². The van der Waals surface area contributed by atoms with Crippen molar-refractivity contribution >= 4 is 5.97 Å². The van der Waals surface area contributed by atoms with Crippen molar-refractivity contribution in [1.82, 2.24) is 5.32 Å².